The Hall–Kier alpha value is -1.10. The number of carboxylic acids is 1. The van der Waals surface area contributed by atoms with Crippen molar-refractivity contribution in [2.45, 2.75) is 32.6 Å². The van der Waals surface area contributed by atoms with Crippen molar-refractivity contribution in [3.05, 3.63) is 0 Å². The summed E-state index contributed by atoms with van der Waals surface area (Å²) in [4.78, 5) is 21.3. The van der Waals surface area contributed by atoms with Crippen LogP contribution in [0.15, 0.2) is 0 Å². The lowest BCUT2D eigenvalue weighted by atomic mass is 10.1. The zero-order valence-electron chi connectivity index (χ0n) is 9.03. The highest BCUT2D eigenvalue weighted by molar-refractivity contribution is 5.75. The molecule has 0 bridgehead atoms. The average Bonchev–Trinajstić information content (AvgIpc) is 2.20. The molecule has 0 aliphatic carbocycles. The second kappa shape index (κ2) is 8.23. The molecular formula is C10H19NO4. The maximum Gasteiger partial charge on any atom is 0.303 e. The molecular weight excluding hydrogens is 198 g/mol. The van der Waals surface area contributed by atoms with E-state index in [0.29, 0.717) is 25.8 Å². The molecule has 0 heterocycles. The molecule has 0 aromatic rings. The number of carboxylic acid groups (broad SMARTS) is 1. The number of carbonyl (C=O) groups is 2. The number of amides is 1. The van der Waals surface area contributed by atoms with Gasteiger partial charge in [-0.2, -0.15) is 0 Å². The van der Waals surface area contributed by atoms with E-state index in [2.05, 4.69) is 5.32 Å². The second-order valence-electron chi connectivity index (χ2n) is 3.69. The van der Waals surface area contributed by atoms with Gasteiger partial charge in [0.1, 0.15) is 0 Å². The van der Waals surface area contributed by atoms with E-state index in [1.807, 2.05) is 6.92 Å². The number of hydrogen-bond donors (Lipinski definition) is 3. The molecule has 3 N–H and O–H groups in total. The Morgan fingerprint density at radius 3 is 2.40 bits per heavy atom. The Morgan fingerprint density at radius 2 is 1.87 bits per heavy atom. The molecule has 5 heteroatoms. The SMILES string of the molecule is CC(CO)CNC(=O)CCCCC(=O)O. The molecule has 0 aromatic heterocycles. The van der Waals surface area contributed by atoms with Crippen molar-refractivity contribution in [1.82, 2.24) is 5.32 Å². The van der Waals surface area contributed by atoms with Gasteiger partial charge in [-0.15, -0.1) is 0 Å². The summed E-state index contributed by atoms with van der Waals surface area (Å²) >= 11 is 0. The van der Waals surface area contributed by atoms with Crippen LogP contribution in [0.25, 0.3) is 0 Å². The van der Waals surface area contributed by atoms with Crippen LogP contribution in [0.2, 0.25) is 0 Å². The lowest BCUT2D eigenvalue weighted by Crippen LogP contribution is -2.29. The first kappa shape index (κ1) is 13.9. The first-order chi connectivity index (χ1) is 7.06. The fraction of sp³-hybridized carbons (Fsp3) is 0.800. The van der Waals surface area contributed by atoms with Gasteiger partial charge in [-0.3, -0.25) is 9.59 Å². The number of nitrogens with one attached hydrogen (secondary N) is 1. The van der Waals surface area contributed by atoms with Gasteiger partial charge < -0.3 is 15.5 Å². The van der Waals surface area contributed by atoms with Crippen molar-refractivity contribution in [2.75, 3.05) is 13.2 Å². The Labute approximate surface area is 89.5 Å². The smallest absolute Gasteiger partial charge is 0.303 e. The fourth-order valence-corrected chi connectivity index (χ4v) is 1.00. The lowest BCUT2D eigenvalue weighted by molar-refractivity contribution is -0.137. The molecule has 0 aliphatic heterocycles. The summed E-state index contributed by atoms with van der Waals surface area (Å²) < 4.78 is 0. The quantitative estimate of drug-likeness (QED) is 0.513. The number of unbranched alkanes of at least 4 members (excludes halogenated alkanes) is 1. The standard InChI is InChI=1S/C10H19NO4/c1-8(7-12)6-11-9(13)4-2-3-5-10(14)15/h8,12H,2-7H2,1H3,(H,11,13)(H,14,15). The van der Waals surface area contributed by atoms with E-state index < -0.39 is 5.97 Å². The maximum absolute atomic E-state index is 11.2. The van der Waals surface area contributed by atoms with Gasteiger partial charge in [-0.1, -0.05) is 6.92 Å². The molecule has 15 heavy (non-hydrogen) atoms. The van der Waals surface area contributed by atoms with E-state index in [0.717, 1.165) is 0 Å². The van der Waals surface area contributed by atoms with Crippen LogP contribution >= 0.6 is 0 Å². The summed E-state index contributed by atoms with van der Waals surface area (Å²) in [5.41, 5.74) is 0. The Balaban J connectivity index is 3.37. The van der Waals surface area contributed by atoms with Gasteiger partial charge in [0.05, 0.1) is 0 Å². The predicted molar refractivity (Wildman–Crippen MR) is 55.4 cm³/mol. The molecule has 88 valence electrons. The number of hydrogen-bond acceptors (Lipinski definition) is 3. The number of aliphatic carboxylic acids is 1. The van der Waals surface area contributed by atoms with Crippen molar-refractivity contribution in [1.29, 1.82) is 0 Å². The third-order valence-electron chi connectivity index (χ3n) is 2.00. The van der Waals surface area contributed by atoms with Crippen LogP contribution in [0.4, 0.5) is 0 Å². The molecule has 0 saturated carbocycles. The zero-order valence-corrected chi connectivity index (χ0v) is 9.03. The number of aliphatic hydroxyl groups is 1. The largest absolute Gasteiger partial charge is 0.481 e. The summed E-state index contributed by atoms with van der Waals surface area (Å²) in [6.45, 7) is 2.36. The van der Waals surface area contributed by atoms with Gasteiger partial charge in [-0.25, -0.2) is 0 Å². The van der Waals surface area contributed by atoms with Crippen molar-refractivity contribution >= 4 is 11.9 Å². The van der Waals surface area contributed by atoms with Crippen LogP contribution in [-0.2, 0) is 9.59 Å². The molecule has 0 spiro atoms. The minimum Gasteiger partial charge on any atom is -0.481 e. The molecule has 0 rings (SSSR count). The number of rotatable bonds is 8. The highest BCUT2D eigenvalue weighted by Gasteiger charge is 2.04. The summed E-state index contributed by atoms with van der Waals surface area (Å²) in [6.07, 6.45) is 1.58. The Morgan fingerprint density at radius 1 is 1.27 bits per heavy atom. The van der Waals surface area contributed by atoms with E-state index in [9.17, 15) is 9.59 Å². The monoisotopic (exact) mass is 217 g/mol. The first-order valence-corrected chi connectivity index (χ1v) is 5.15. The van der Waals surface area contributed by atoms with Crippen molar-refractivity contribution < 1.29 is 19.8 Å². The summed E-state index contributed by atoms with van der Waals surface area (Å²) in [7, 11) is 0. The topological polar surface area (TPSA) is 86.6 Å². The normalized spacial score (nSPS) is 12.1. The van der Waals surface area contributed by atoms with Gasteiger partial charge in [0, 0.05) is 26.0 Å². The molecule has 1 amide bonds. The van der Waals surface area contributed by atoms with E-state index in [1.54, 1.807) is 0 Å². The van der Waals surface area contributed by atoms with E-state index in [-0.39, 0.29) is 24.9 Å². The van der Waals surface area contributed by atoms with Crippen LogP contribution in [0.5, 0.6) is 0 Å². The highest BCUT2D eigenvalue weighted by atomic mass is 16.4. The summed E-state index contributed by atoms with van der Waals surface area (Å²) in [5, 5.41) is 19.7. The maximum atomic E-state index is 11.2. The third kappa shape index (κ3) is 9.21. The van der Waals surface area contributed by atoms with Crippen LogP contribution in [0, 0.1) is 5.92 Å². The molecule has 0 radical (unpaired) electrons. The Bertz CT molecular complexity index is 206. The van der Waals surface area contributed by atoms with Gasteiger partial charge in [0.2, 0.25) is 5.91 Å². The minimum atomic E-state index is -0.829. The predicted octanol–water partition coefficient (Wildman–Crippen LogP) is 0.376. The van der Waals surface area contributed by atoms with Crippen molar-refractivity contribution in [2.24, 2.45) is 5.92 Å². The van der Waals surface area contributed by atoms with Gasteiger partial charge in [-0.05, 0) is 18.8 Å². The van der Waals surface area contributed by atoms with Gasteiger partial charge in [0.15, 0.2) is 0 Å². The molecule has 0 saturated heterocycles. The van der Waals surface area contributed by atoms with E-state index in [1.165, 1.54) is 0 Å². The molecule has 0 aliphatic rings. The molecule has 0 fully saturated rings. The van der Waals surface area contributed by atoms with Gasteiger partial charge in [0.25, 0.3) is 0 Å². The average molecular weight is 217 g/mol. The third-order valence-corrected chi connectivity index (χ3v) is 2.00. The fourth-order valence-electron chi connectivity index (χ4n) is 1.00. The second-order valence-corrected chi connectivity index (χ2v) is 3.69. The highest BCUT2D eigenvalue weighted by Crippen LogP contribution is 2.00. The minimum absolute atomic E-state index is 0.0549. The molecule has 1 atom stereocenters. The van der Waals surface area contributed by atoms with E-state index >= 15 is 0 Å². The van der Waals surface area contributed by atoms with Crippen molar-refractivity contribution in [3.63, 3.8) is 0 Å². The van der Waals surface area contributed by atoms with E-state index in [4.69, 9.17) is 10.2 Å². The molecule has 1 unspecified atom stereocenters. The van der Waals surface area contributed by atoms with Gasteiger partial charge >= 0.3 is 5.97 Å². The molecule has 5 nitrogen and oxygen atoms in total. The molecule has 0 aromatic carbocycles. The van der Waals surface area contributed by atoms with Crippen LogP contribution in [0.1, 0.15) is 32.6 Å². The zero-order chi connectivity index (χ0) is 11.7. The van der Waals surface area contributed by atoms with Crippen LogP contribution in [-0.4, -0.2) is 35.2 Å². The summed E-state index contributed by atoms with van der Waals surface area (Å²) in [5.74, 6) is -0.849. The Kier molecular flexibility index (Phi) is 7.62. The number of carbonyl (C=O) groups excluding carboxylic acids is 1. The lowest BCUT2D eigenvalue weighted by Gasteiger charge is -2.09. The summed E-state index contributed by atoms with van der Waals surface area (Å²) in [6, 6.07) is 0. The van der Waals surface area contributed by atoms with Crippen LogP contribution < -0.4 is 5.32 Å². The first-order valence-electron chi connectivity index (χ1n) is 5.15. The van der Waals surface area contributed by atoms with Crippen molar-refractivity contribution in [3.8, 4) is 0 Å². The van der Waals surface area contributed by atoms with Crippen LogP contribution in [0.3, 0.4) is 0 Å². The number of aliphatic hydroxyl groups excluding tert-OH is 1.